The Labute approximate surface area is 82.4 Å². The Morgan fingerprint density at radius 1 is 1.36 bits per heavy atom. The van der Waals surface area contributed by atoms with Crippen molar-refractivity contribution in [3.05, 3.63) is 23.8 Å². The van der Waals surface area contributed by atoms with E-state index in [2.05, 4.69) is 4.99 Å². The first kappa shape index (κ1) is 8.97. The molecule has 0 bridgehead atoms. The van der Waals surface area contributed by atoms with Crippen molar-refractivity contribution in [3.63, 3.8) is 0 Å². The van der Waals surface area contributed by atoms with E-state index < -0.39 is 0 Å². The minimum atomic E-state index is 0.657. The van der Waals surface area contributed by atoms with Crippen LogP contribution in [0, 0.1) is 0 Å². The van der Waals surface area contributed by atoms with Crippen LogP contribution < -0.4 is 4.74 Å². The molecule has 0 aromatic heterocycles. The summed E-state index contributed by atoms with van der Waals surface area (Å²) in [5.41, 5.74) is 1.79. The summed E-state index contributed by atoms with van der Waals surface area (Å²) in [6, 6.07) is 5.54. The minimum absolute atomic E-state index is 0.657. The van der Waals surface area contributed by atoms with Gasteiger partial charge in [0.15, 0.2) is 0 Å². The standard InChI is InChI=1S/C11H11NO2/c13-8-12-10-4-5-11-9(7-10)3-1-2-6-14-11/h4-5,7H,1-3,6H2. The Morgan fingerprint density at radius 3 is 3.14 bits per heavy atom. The summed E-state index contributed by atoms with van der Waals surface area (Å²) in [5, 5.41) is 0. The second-order valence-corrected chi connectivity index (χ2v) is 3.30. The number of benzene rings is 1. The summed E-state index contributed by atoms with van der Waals surface area (Å²) >= 11 is 0. The van der Waals surface area contributed by atoms with Gasteiger partial charge in [-0.15, -0.1) is 0 Å². The third-order valence-electron chi connectivity index (χ3n) is 2.32. The van der Waals surface area contributed by atoms with E-state index in [-0.39, 0.29) is 0 Å². The Hall–Kier alpha value is -1.60. The first-order chi connectivity index (χ1) is 6.90. The van der Waals surface area contributed by atoms with E-state index in [1.165, 1.54) is 0 Å². The van der Waals surface area contributed by atoms with E-state index >= 15 is 0 Å². The van der Waals surface area contributed by atoms with E-state index in [1.807, 2.05) is 12.1 Å². The largest absolute Gasteiger partial charge is 0.493 e. The Bertz CT molecular complexity index is 381. The highest BCUT2D eigenvalue weighted by molar-refractivity contribution is 5.53. The van der Waals surface area contributed by atoms with Crippen molar-refractivity contribution in [3.8, 4) is 5.75 Å². The first-order valence-electron chi connectivity index (χ1n) is 4.74. The molecule has 1 aliphatic rings. The van der Waals surface area contributed by atoms with Crippen LogP contribution in [0.15, 0.2) is 23.2 Å². The SMILES string of the molecule is O=C=Nc1ccc2c(c1)CCCCO2. The zero-order valence-corrected chi connectivity index (χ0v) is 7.82. The molecule has 0 radical (unpaired) electrons. The molecule has 72 valence electrons. The average molecular weight is 189 g/mol. The van der Waals surface area contributed by atoms with Gasteiger partial charge in [-0.2, -0.15) is 4.99 Å². The number of aryl methyl sites for hydroxylation is 1. The highest BCUT2D eigenvalue weighted by atomic mass is 16.5. The molecule has 1 aliphatic heterocycles. The first-order valence-corrected chi connectivity index (χ1v) is 4.74. The van der Waals surface area contributed by atoms with Crippen LogP contribution in [0.25, 0.3) is 0 Å². The van der Waals surface area contributed by atoms with Gasteiger partial charge in [-0.3, -0.25) is 0 Å². The summed E-state index contributed by atoms with van der Waals surface area (Å²) in [7, 11) is 0. The van der Waals surface area contributed by atoms with E-state index in [0.29, 0.717) is 5.69 Å². The van der Waals surface area contributed by atoms with Crippen LogP contribution in [-0.4, -0.2) is 12.7 Å². The summed E-state index contributed by atoms with van der Waals surface area (Å²) < 4.78 is 5.54. The van der Waals surface area contributed by atoms with Crippen molar-refractivity contribution in [2.75, 3.05) is 6.61 Å². The number of hydrogen-bond donors (Lipinski definition) is 0. The topological polar surface area (TPSA) is 38.7 Å². The molecule has 0 atom stereocenters. The van der Waals surface area contributed by atoms with Crippen LogP contribution in [0.4, 0.5) is 5.69 Å². The summed E-state index contributed by atoms with van der Waals surface area (Å²) in [5.74, 6) is 0.923. The molecule has 0 fully saturated rings. The third kappa shape index (κ3) is 1.83. The molecule has 1 aromatic rings. The smallest absolute Gasteiger partial charge is 0.240 e. The van der Waals surface area contributed by atoms with Crippen molar-refractivity contribution in [2.45, 2.75) is 19.3 Å². The van der Waals surface area contributed by atoms with Crippen molar-refractivity contribution >= 4 is 11.8 Å². The molecule has 3 nitrogen and oxygen atoms in total. The predicted octanol–water partition coefficient (Wildman–Crippen LogP) is 2.37. The van der Waals surface area contributed by atoms with Crippen LogP contribution in [0.1, 0.15) is 18.4 Å². The van der Waals surface area contributed by atoms with Gasteiger partial charge in [0.2, 0.25) is 6.08 Å². The maximum Gasteiger partial charge on any atom is 0.240 e. The van der Waals surface area contributed by atoms with Gasteiger partial charge in [0, 0.05) is 0 Å². The Balaban J connectivity index is 2.36. The molecule has 0 N–H and O–H groups in total. The molecule has 0 amide bonds. The van der Waals surface area contributed by atoms with Gasteiger partial charge in [0.25, 0.3) is 0 Å². The van der Waals surface area contributed by atoms with E-state index in [4.69, 9.17) is 4.74 Å². The number of isocyanates is 1. The second kappa shape index (κ2) is 4.07. The number of rotatable bonds is 1. The maximum absolute atomic E-state index is 10.1. The van der Waals surface area contributed by atoms with E-state index in [9.17, 15) is 4.79 Å². The molecule has 0 saturated carbocycles. The number of hydrogen-bond acceptors (Lipinski definition) is 3. The number of ether oxygens (including phenoxy) is 1. The summed E-state index contributed by atoms with van der Waals surface area (Å²) in [6.45, 7) is 0.781. The van der Waals surface area contributed by atoms with Gasteiger partial charge in [0.1, 0.15) is 5.75 Å². The third-order valence-corrected chi connectivity index (χ3v) is 2.32. The van der Waals surface area contributed by atoms with E-state index in [0.717, 1.165) is 37.2 Å². The molecule has 14 heavy (non-hydrogen) atoms. The lowest BCUT2D eigenvalue weighted by molar-refractivity contribution is 0.317. The van der Waals surface area contributed by atoms with Crippen LogP contribution in [0.2, 0.25) is 0 Å². The monoisotopic (exact) mass is 189 g/mol. The molecule has 0 saturated heterocycles. The fourth-order valence-electron chi connectivity index (χ4n) is 1.62. The summed E-state index contributed by atoms with van der Waals surface area (Å²) in [6.07, 6.45) is 4.75. The zero-order chi connectivity index (χ0) is 9.80. The predicted molar refractivity (Wildman–Crippen MR) is 52.7 cm³/mol. The molecular weight excluding hydrogens is 178 g/mol. The van der Waals surface area contributed by atoms with Crippen LogP contribution in [0.5, 0.6) is 5.75 Å². The van der Waals surface area contributed by atoms with Gasteiger partial charge in [0.05, 0.1) is 12.3 Å². The zero-order valence-electron chi connectivity index (χ0n) is 7.82. The molecule has 0 aliphatic carbocycles. The van der Waals surface area contributed by atoms with Gasteiger partial charge < -0.3 is 4.74 Å². The minimum Gasteiger partial charge on any atom is -0.493 e. The lowest BCUT2D eigenvalue weighted by atomic mass is 10.1. The fraction of sp³-hybridized carbons (Fsp3) is 0.364. The van der Waals surface area contributed by atoms with Gasteiger partial charge in [-0.05, 0) is 43.0 Å². The number of carbonyl (C=O) groups excluding carboxylic acids is 1. The van der Waals surface area contributed by atoms with Gasteiger partial charge in [-0.25, -0.2) is 4.79 Å². The van der Waals surface area contributed by atoms with Crippen LogP contribution in [-0.2, 0) is 11.2 Å². The van der Waals surface area contributed by atoms with Gasteiger partial charge in [-0.1, -0.05) is 0 Å². The Kier molecular flexibility index (Phi) is 2.61. The highest BCUT2D eigenvalue weighted by Crippen LogP contribution is 2.27. The molecular formula is C11H11NO2. The van der Waals surface area contributed by atoms with Crippen LogP contribution in [0.3, 0.4) is 0 Å². The highest BCUT2D eigenvalue weighted by Gasteiger charge is 2.08. The summed E-state index contributed by atoms with van der Waals surface area (Å²) in [4.78, 5) is 13.7. The number of fused-ring (bicyclic) bond motifs is 1. The van der Waals surface area contributed by atoms with Crippen molar-refractivity contribution < 1.29 is 9.53 Å². The molecule has 2 rings (SSSR count). The van der Waals surface area contributed by atoms with Crippen molar-refractivity contribution in [1.82, 2.24) is 0 Å². The van der Waals surface area contributed by atoms with Crippen LogP contribution >= 0.6 is 0 Å². The van der Waals surface area contributed by atoms with E-state index in [1.54, 1.807) is 12.1 Å². The quantitative estimate of drug-likeness (QED) is 0.502. The lowest BCUT2D eigenvalue weighted by Gasteiger charge is -2.06. The molecule has 1 aromatic carbocycles. The lowest BCUT2D eigenvalue weighted by Crippen LogP contribution is -1.93. The molecule has 3 heteroatoms. The Morgan fingerprint density at radius 2 is 2.29 bits per heavy atom. The van der Waals surface area contributed by atoms with Crippen molar-refractivity contribution in [1.29, 1.82) is 0 Å². The average Bonchev–Trinajstić information content (AvgIpc) is 2.42. The number of nitrogens with zero attached hydrogens (tertiary/aromatic N) is 1. The van der Waals surface area contributed by atoms with Gasteiger partial charge >= 0.3 is 0 Å². The van der Waals surface area contributed by atoms with Crippen molar-refractivity contribution in [2.24, 2.45) is 4.99 Å². The molecule has 1 heterocycles. The maximum atomic E-state index is 10.1. The molecule has 0 unspecified atom stereocenters. The normalized spacial score (nSPS) is 14.6. The molecule has 0 spiro atoms. The second-order valence-electron chi connectivity index (χ2n) is 3.30. The number of aliphatic imine (C=N–C) groups is 1. The fourth-order valence-corrected chi connectivity index (χ4v) is 1.62.